The number of rotatable bonds is 2. The predicted octanol–water partition coefficient (Wildman–Crippen LogP) is 4.20. The largest absolute Gasteiger partial charge is 0.350 e. The monoisotopic (exact) mass is 362 g/mol. The van der Waals surface area contributed by atoms with E-state index in [-0.39, 0.29) is 11.7 Å². The van der Waals surface area contributed by atoms with Crippen molar-refractivity contribution in [2.45, 2.75) is 18.8 Å². The molecule has 2 aromatic heterocycles. The van der Waals surface area contributed by atoms with Crippen molar-refractivity contribution < 1.29 is 9.18 Å². The molecule has 5 rings (SSSR count). The summed E-state index contributed by atoms with van der Waals surface area (Å²) >= 11 is 0. The Balaban J connectivity index is 1.31. The summed E-state index contributed by atoms with van der Waals surface area (Å²) in [5.41, 5.74) is 3.12. The summed E-state index contributed by atoms with van der Waals surface area (Å²) in [6.07, 6.45) is 1.72. The van der Waals surface area contributed by atoms with Gasteiger partial charge in [-0.1, -0.05) is 18.2 Å². The summed E-state index contributed by atoms with van der Waals surface area (Å²) in [7, 11) is 0. The second kappa shape index (κ2) is 6.23. The number of nitrogens with one attached hydrogen (secondary N) is 2. The maximum Gasteiger partial charge on any atom is 0.270 e. The number of hydrogen-bond acceptors (Lipinski definition) is 2. The summed E-state index contributed by atoms with van der Waals surface area (Å²) in [5, 5.41) is 0.456. The Morgan fingerprint density at radius 3 is 2.59 bits per heavy atom. The molecule has 4 aromatic rings. The van der Waals surface area contributed by atoms with Gasteiger partial charge in [0.1, 0.15) is 17.3 Å². The number of hydrogen-bond donors (Lipinski definition) is 2. The van der Waals surface area contributed by atoms with Gasteiger partial charge in [-0.05, 0) is 43.2 Å². The first-order valence-electron chi connectivity index (χ1n) is 9.20. The summed E-state index contributed by atoms with van der Waals surface area (Å²) < 4.78 is 13.9. The number of carbonyl (C=O) groups excluding carboxylic acids is 1. The lowest BCUT2D eigenvalue weighted by Gasteiger charge is -2.30. The lowest BCUT2D eigenvalue weighted by atomic mass is 9.96. The molecule has 6 heteroatoms. The van der Waals surface area contributed by atoms with Crippen LogP contribution >= 0.6 is 0 Å². The molecule has 2 aromatic carbocycles. The third kappa shape index (κ3) is 2.77. The van der Waals surface area contributed by atoms with Crippen molar-refractivity contribution in [3.05, 3.63) is 65.9 Å². The molecule has 0 radical (unpaired) electrons. The molecule has 1 amide bonds. The summed E-state index contributed by atoms with van der Waals surface area (Å²) in [6.45, 7) is 1.33. The van der Waals surface area contributed by atoms with E-state index < -0.39 is 0 Å². The normalized spacial score (nSPS) is 15.7. The number of aromatic nitrogens is 3. The third-order valence-electron chi connectivity index (χ3n) is 5.42. The number of amides is 1. The highest BCUT2D eigenvalue weighted by atomic mass is 19.1. The number of nitrogens with zero attached hydrogens (tertiary/aromatic N) is 2. The Kier molecular flexibility index (Phi) is 3.70. The Morgan fingerprint density at radius 1 is 1.04 bits per heavy atom. The average Bonchev–Trinajstić information content (AvgIpc) is 3.32. The highest BCUT2D eigenvalue weighted by molar-refractivity contribution is 5.98. The van der Waals surface area contributed by atoms with E-state index in [1.165, 1.54) is 6.07 Å². The summed E-state index contributed by atoms with van der Waals surface area (Å²) in [5.74, 6) is 0.928. The molecule has 0 atom stereocenters. The number of aromatic amines is 2. The zero-order valence-corrected chi connectivity index (χ0v) is 14.7. The van der Waals surface area contributed by atoms with Crippen LogP contribution in [0, 0.1) is 5.82 Å². The lowest BCUT2D eigenvalue weighted by molar-refractivity contribution is 0.0706. The Bertz CT molecular complexity index is 1100. The molecule has 0 spiro atoms. The number of likely N-dealkylation sites (tertiary alicyclic amines) is 1. The maximum absolute atomic E-state index is 13.9. The molecule has 3 heterocycles. The first-order chi connectivity index (χ1) is 13.2. The number of para-hydroxylation sites is 2. The minimum Gasteiger partial charge on any atom is -0.350 e. The summed E-state index contributed by atoms with van der Waals surface area (Å²) in [6, 6.07) is 14.4. The first kappa shape index (κ1) is 16.1. The van der Waals surface area contributed by atoms with E-state index in [0.29, 0.717) is 35.6 Å². The van der Waals surface area contributed by atoms with Gasteiger partial charge in [0.25, 0.3) is 5.91 Å². The topological polar surface area (TPSA) is 64.8 Å². The van der Waals surface area contributed by atoms with Gasteiger partial charge in [-0.2, -0.15) is 0 Å². The number of piperidine rings is 1. The van der Waals surface area contributed by atoms with Crippen molar-refractivity contribution in [2.24, 2.45) is 0 Å². The van der Waals surface area contributed by atoms with Crippen LogP contribution in [0.2, 0.25) is 0 Å². The molecule has 1 saturated heterocycles. The zero-order chi connectivity index (χ0) is 18.4. The fourth-order valence-corrected chi connectivity index (χ4v) is 3.93. The van der Waals surface area contributed by atoms with Gasteiger partial charge in [0.2, 0.25) is 0 Å². The van der Waals surface area contributed by atoms with Gasteiger partial charge in [-0.3, -0.25) is 4.79 Å². The van der Waals surface area contributed by atoms with Gasteiger partial charge in [0, 0.05) is 29.9 Å². The molecule has 0 unspecified atom stereocenters. The predicted molar refractivity (Wildman–Crippen MR) is 102 cm³/mol. The van der Waals surface area contributed by atoms with Gasteiger partial charge in [-0.25, -0.2) is 9.37 Å². The van der Waals surface area contributed by atoms with Gasteiger partial charge in [0.15, 0.2) is 0 Å². The number of imidazole rings is 1. The van der Waals surface area contributed by atoms with Crippen LogP contribution in [0.15, 0.2) is 48.5 Å². The second-order valence-electron chi connectivity index (χ2n) is 7.09. The highest BCUT2D eigenvalue weighted by Gasteiger charge is 2.27. The van der Waals surface area contributed by atoms with Crippen LogP contribution < -0.4 is 0 Å². The van der Waals surface area contributed by atoms with E-state index in [2.05, 4.69) is 9.97 Å². The number of carbonyl (C=O) groups is 1. The maximum atomic E-state index is 13.9. The van der Waals surface area contributed by atoms with Crippen LogP contribution in [0.3, 0.4) is 0 Å². The Labute approximate surface area is 155 Å². The van der Waals surface area contributed by atoms with E-state index in [4.69, 9.17) is 4.98 Å². The lowest BCUT2D eigenvalue weighted by Crippen LogP contribution is -2.38. The minimum absolute atomic E-state index is 0.0753. The van der Waals surface area contributed by atoms with Crippen molar-refractivity contribution in [1.29, 1.82) is 0 Å². The van der Waals surface area contributed by atoms with Crippen LogP contribution in [0.4, 0.5) is 4.39 Å². The van der Waals surface area contributed by atoms with Crippen molar-refractivity contribution in [3.63, 3.8) is 0 Å². The average molecular weight is 362 g/mol. The first-order valence-corrected chi connectivity index (χ1v) is 9.20. The van der Waals surface area contributed by atoms with Crippen molar-refractivity contribution >= 4 is 27.8 Å². The van der Waals surface area contributed by atoms with Crippen LogP contribution in [-0.2, 0) is 0 Å². The fourth-order valence-electron chi connectivity index (χ4n) is 3.93. The van der Waals surface area contributed by atoms with E-state index in [9.17, 15) is 9.18 Å². The van der Waals surface area contributed by atoms with Crippen LogP contribution in [0.25, 0.3) is 21.9 Å². The molecule has 2 N–H and O–H groups in total. The van der Waals surface area contributed by atoms with E-state index in [0.717, 1.165) is 29.7 Å². The van der Waals surface area contributed by atoms with Gasteiger partial charge in [-0.15, -0.1) is 0 Å². The molecule has 27 heavy (non-hydrogen) atoms. The number of halogens is 1. The molecule has 5 nitrogen and oxygen atoms in total. The molecule has 1 aliphatic heterocycles. The molecule has 0 bridgehead atoms. The second-order valence-corrected chi connectivity index (χ2v) is 7.09. The van der Waals surface area contributed by atoms with Gasteiger partial charge in [0.05, 0.1) is 11.0 Å². The standard InChI is InChI=1S/C21H19FN4O/c22-15-4-3-7-16-14(15)12-19(23-16)21(27)26-10-8-13(9-11-26)20-24-17-5-1-2-6-18(17)25-20/h1-7,12-13,23H,8-11H2,(H,24,25). The smallest absolute Gasteiger partial charge is 0.270 e. The molecule has 0 saturated carbocycles. The molecule has 136 valence electrons. The minimum atomic E-state index is -0.314. The SMILES string of the molecule is O=C(c1cc2c(F)cccc2[nH]1)N1CCC(c2nc3ccccc3[nH]2)CC1. The number of H-pyrrole nitrogens is 2. The Morgan fingerprint density at radius 2 is 1.81 bits per heavy atom. The molecule has 1 aliphatic rings. The van der Waals surface area contributed by atoms with Crippen molar-refractivity contribution in [2.75, 3.05) is 13.1 Å². The molecular weight excluding hydrogens is 343 g/mol. The van der Waals surface area contributed by atoms with Crippen LogP contribution in [0.5, 0.6) is 0 Å². The fraction of sp³-hybridized carbons (Fsp3) is 0.238. The van der Waals surface area contributed by atoms with E-state index in [1.807, 2.05) is 29.2 Å². The van der Waals surface area contributed by atoms with Crippen LogP contribution in [-0.4, -0.2) is 38.8 Å². The van der Waals surface area contributed by atoms with Gasteiger partial charge >= 0.3 is 0 Å². The quantitative estimate of drug-likeness (QED) is 0.561. The van der Waals surface area contributed by atoms with Gasteiger partial charge < -0.3 is 14.9 Å². The molecule has 1 fully saturated rings. The number of benzene rings is 2. The highest BCUT2D eigenvalue weighted by Crippen LogP contribution is 2.29. The van der Waals surface area contributed by atoms with Crippen molar-refractivity contribution in [1.82, 2.24) is 19.9 Å². The molecular formula is C21H19FN4O. The third-order valence-corrected chi connectivity index (χ3v) is 5.42. The van der Waals surface area contributed by atoms with Crippen molar-refractivity contribution in [3.8, 4) is 0 Å². The summed E-state index contributed by atoms with van der Waals surface area (Å²) in [4.78, 5) is 25.8. The van der Waals surface area contributed by atoms with Crippen LogP contribution in [0.1, 0.15) is 35.1 Å². The zero-order valence-electron chi connectivity index (χ0n) is 14.7. The Hall–Kier alpha value is -3.15. The van der Waals surface area contributed by atoms with E-state index in [1.54, 1.807) is 18.2 Å². The van der Waals surface area contributed by atoms with E-state index >= 15 is 0 Å². The number of fused-ring (bicyclic) bond motifs is 2. The molecule has 0 aliphatic carbocycles.